The minimum atomic E-state index is -0.220. The highest BCUT2D eigenvalue weighted by atomic mass is 16.1. The smallest absolute Gasteiger partial charge is 0.215 e. The van der Waals surface area contributed by atoms with Gasteiger partial charge >= 0.3 is 0 Å². The first kappa shape index (κ1) is 14.9. The number of nitrogens with two attached hydrogens (primary N) is 1. The molecule has 0 bridgehead atoms. The van der Waals surface area contributed by atoms with Crippen LogP contribution in [0.1, 0.15) is 32.8 Å². The van der Waals surface area contributed by atoms with Gasteiger partial charge in [0.15, 0.2) is 0 Å². The van der Waals surface area contributed by atoms with Crippen LogP contribution >= 0.6 is 0 Å². The summed E-state index contributed by atoms with van der Waals surface area (Å²) >= 11 is 0. The maximum Gasteiger partial charge on any atom is 0.215 e. The third-order valence-corrected chi connectivity index (χ3v) is 3.72. The van der Waals surface area contributed by atoms with E-state index in [1.54, 1.807) is 24.4 Å². The number of carbonyl (C=O) groups excluding carboxylic acids is 1. The molecule has 1 aromatic carbocycles. The van der Waals surface area contributed by atoms with Crippen molar-refractivity contribution < 1.29 is 9.07 Å². The molecule has 2 N–H and O–H groups in total. The molecule has 4 nitrogen and oxygen atoms in total. The molecule has 0 aliphatic heterocycles. The van der Waals surface area contributed by atoms with Crippen LogP contribution in [0.3, 0.4) is 0 Å². The van der Waals surface area contributed by atoms with Gasteiger partial charge in [0, 0.05) is 16.0 Å². The Bertz CT molecular complexity index is 855. The molecule has 0 atom stereocenters. The molecule has 23 heavy (non-hydrogen) atoms. The zero-order chi connectivity index (χ0) is 16.2. The maximum atomic E-state index is 12.6. The quantitative estimate of drug-likeness (QED) is 0.731. The fraction of sp³-hybridized carbons (Fsp3) is 0.105. The SMILES string of the molecule is CCc1ccc(-c2cccc(C(=O)c3cccnc3N)n2)cc1.[HH].[HH].[HH]. The van der Waals surface area contributed by atoms with E-state index in [1.807, 2.05) is 24.3 Å². The lowest BCUT2D eigenvalue weighted by atomic mass is 10.1. The minimum Gasteiger partial charge on any atom is -0.383 e. The van der Waals surface area contributed by atoms with Gasteiger partial charge < -0.3 is 5.73 Å². The van der Waals surface area contributed by atoms with Crippen LogP contribution in [0.15, 0.2) is 60.8 Å². The number of aryl methyl sites for hydroxylation is 1. The van der Waals surface area contributed by atoms with Crippen LogP contribution in [0.25, 0.3) is 11.3 Å². The van der Waals surface area contributed by atoms with Crippen LogP contribution < -0.4 is 5.73 Å². The molecular formula is C19H23N3O. The van der Waals surface area contributed by atoms with Gasteiger partial charge in [-0.3, -0.25) is 4.79 Å². The molecule has 4 heteroatoms. The first-order valence-electron chi connectivity index (χ1n) is 7.50. The molecule has 2 aromatic heterocycles. The lowest BCUT2D eigenvalue weighted by molar-refractivity contribution is 0.103. The number of aromatic nitrogens is 2. The van der Waals surface area contributed by atoms with E-state index in [2.05, 4.69) is 29.0 Å². The predicted octanol–water partition coefficient (Wildman–Crippen LogP) is 4.26. The summed E-state index contributed by atoms with van der Waals surface area (Å²) in [5.74, 6) is -0.000342. The highest BCUT2D eigenvalue weighted by Gasteiger charge is 2.14. The van der Waals surface area contributed by atoms with Crippen molar-refractivity contribution in [3.8, 4) is 11.3 Å². The summed E-state index contributed by atoms with van der Waals surface area (Å²) in [7, 11) is 0. The molecule has 0 radical (unpaired) electrons. The van der Waals surface area contributed by atoms with Crippen molar-refractivity contribution in [2.45, 2.75) is 13.3 Å². The summed E-state index contributed by atoms with van der Waals surface area (Å²) < 4.78 is 0. The summed E-state index contributed by atoms with van der Waals surface area (Å²) in [6, 6.07) is 17.0. The van der Waals surface area contributed by atoms with E-state index in [-0.39, 0.29) is 15.9 Å². The van der Waals surface area contributed by atoms with E-state index in [0.29, 0.717) is 11.3 Å². The topological polar surface area (TPSA) is 68.9 Å². The zero-order valence-corrected chi connectivity index (χ0v) is 12.9. The Morgan fingerprint density at radius 1 is 1.09 bits per heavy atom. The second-order valence-electron chi connectivity index (χ2n) is 5.22. The van der Waals surface area contributed by atoms with Crippen LogP contribution in [-0.2, 0) is 6.42 Å². The highest BCUT2D eigenvalue weighted by molar-refractivity contribution is 6.10. The van der Waals surface area contributed by atoms with Crippen LogP contribution in [0, 0.1) is 0 Å². The zero-order valence-electron chi connectivity index (χ0n) is 12.9. The van der Waals surface area contributed by atoms with Crippen LogP contribution in [0.5, 0.6) is 0 Å². The molecule has 0 aliphatic rings. The summed E-state index contributed by atoms with van der Waals surface area (Å²) in [4.78, 5) is 21.0. The summed E-state index contributed by atoms with van der Waals surface area (Å²) in [5, 5.41) is 0. The molecule has 120 valence electrons. The first-order valence-corrected chi connectivity index (χ1v) is 7.50. The number of hydrogen-bond donors (Lipinski definition) is 1. The number of pyridine rings is 2. The van der Waals surface area contributed by atoms with Gasteiger partial charge in [0.25, 0.3) is 0 Å². The Hall–Kier alpha value is -3.01. The van der Waals surface area contributed by atoms with Crippen LogP contribution in [0.2, 0.25) is 0 Å². The predicted molar refractivity (Wildman–Crippen MR) is 97.5 cm³/mol. The van der Waals surface area contributed by atoms with E-state index < -0.39 is 0 Å². The van der Waals surface area contributed by atoms with Gasteiger partial charge in [0.1, 0.15) is 11.5 Å². The van der Waals surface area contributed by atoms with Gasteiger partial charge in [-0.25, -0.2) is 9.97 Å². The Labute approximate surface area is 139 Å². The number of anilines is 1. The molecular weight excluding hydrogens is 286 g/mol. The number of carbonyl (C=O) groups is 1. The average Bonchev–Trinajstić information content (AvgIpc) is 2.62. The molecule has 3 rings (SSSR count). The van der Waals surface area contributed by atoms with E-state index in [1.165, 1.54) is 5.56 Å². The van der Waals surface area contributed by atoms with Gasteiger partial charge in [0.05, 0.1) is 11.3 Å². The lowest BCUT2D eigenvalue weighted by Gasteiger charge is -2.06. The Morgan fingerprint density at radius 2 is 1.87 bits per heavy atom. The van der Waals surface area contributed by atoms with Crippen LogP contribution in [0.4, 0.5) is 5.82 Å². The fourth-order valence-corrected chi connectivity index (χ4v) is 2.38. The number of ketones is 1. The number of benzene rings is 1. The van der Waals surface area contributed by atoms with Gasteiger partial charge in [-0.05, 0) is 36.2 Å². The number of nitrogen functional groups attached to an aromatic ring is 1. The van der Waals surface area contributed by atoms with Crippen molar-refractivity contribution in [3.63, 3.8) is 0 Å². The molecule has 0 amide bonds. The first-order chi connectivity index (χ1) is 11.2. The van der Waals surface area contributed by atoms with Gasteiger partial charge in [0.2, 0.25) is 5.78 Å². The molecule has 2 heterocycles. The second-order valence-corrected chi connectivity index (χ2v) is 5.22. The average molecular weight is 309 g/mol. The summed E-state index contributed by atoms with van der Waals surface area (Å²) in [5.41, 5.74) is 9.53. The number of rotatable bonds is 4. The Morgan fingerprint density at radius 3 is 2.57 bits per heavy atom. The maximum absolute atomic E-state index is 12.6. The van der Waals surface area contributed by atoms with E-state index in [9.17, 15) is 4.79 Å². The largest absolute Gasteiger partial charge is 0.383 e. The lowest BCUT2D eigenvalue weighted by Crippen LogP contribution is -2.08. The monoisotopic (exact) mass is 309 g/mol. The van der Waals surface area contributed by atoms with Crippen LogP contribution in [-0.4, -0.2) is 15.8 Å². The van der Waals surface area contributed by atoms with Crippen molar-refractivity contribution in [1.29, 1.82) is 0 Å². The number of nitrogens with zero attached hydrogens (tertiary/aromatic N) is 2. The van der Waals surface area contributed by atoms with E-state index in [4.69, 9.17) is 5.73 Å². The standard InChI is InChI=1S/C19H17N3O.3H2/c1-2-13-8-10-14(11-9-13)16-6-3-7-17(22-16)18(23)15-5-4-12-21-19(15)20;;;/h3-12H,2H2,1H3,(H2,20,21);3*1H. The molecule has 0 aliphatic carbocycles. The van der Waals surface area contributed by atoms with Crippen molar-refractivity contribution in [3.05, 3.63) is 77.6 Å². The Balaban J connectivity index is 0.00000208. The molecule has 0 saturated carbocycles. The third kappa shape index (κ3) is 3.11. The van der Waals surface area contributed by atoms with Gasteiger partial charge in [-0.2, -0.15) is 0 Å². The highest BCUT2D eigenvalue weighted by Crippen LogP contribution is 2.20. The molecule has 3 aromatic rings. The van der Waals surface area contributed by atoms with Crippen molar-refractivity contribution in [2.75, 3.05) is 5.73 Å². The summed E-state index contributed by atoms with van der Waals surface area (Å²) in [6.45, 7) is 2.12. The van der Waals surface area contributed by atoms with Crippen molar-refractivity contribution in [2.24, 2.45) is 0 Å². The van der Waals surface area contributed by atoms with E-state index >= 15 is 0 Å². The fourth-order valence-electron chi connectivity index (χ4n) is 2.38. The normalized spacial score (nSPS) is 10.5. The molecule has 0 unspecified atom stereocenters. The minimum absolute atomic E-state index is 0. The molecule has 0 saturated heterocycles. The van der Waals surface area contributed by atoms with Crippen molar-refractivity contribution in [1.82, 2.24) is 9.97 Å². The summed E-state index contributed by atoms with van der Waals surface area (Å²) in [6.07, 6.45) is 2.55. The Kier molecular flexibility index (Phi) is 4.15. The van der Waals surface area contributed by atoms with Crippen molar-refractivity contribution >= 4 is 11.6 Å². The second kappa shape index (κ2) is 6.40. The van der Waals surface area contributed by atoms with E-state index in [0.717, 1.165) is 17.7 Å². The third-order valence-electron chi connectivity index (χ3n) is 3.72. The number of hydrogen-bond acceptors (Lipinski definition) is 4. The molecule has 0 spiro atoms. The van der Waals surface area contributed by atoms with Gasteiger partial charge in [-0.1, -0.05) is 37.3 Å². The van der Waals surface area contributed by atoms with Gasteiger partial charge in [-0.15, -0.1) is 0 Å². The molecule has 0 fully saturated rings.